The van der Waals surface area contributed by atoms with E-state index >= 15 is 0 Å². The van der Waals surface area contributed by atoms with E-state index in [0.717, 1.165) is 31.5 Å². The van der Waals surface area contributed by atoms with Crippen molar-refractivity contribution < 1.29 is 9.18 Å². The molecule has 0 aromatic heterocycles. The normalized spacial score (nSPS) is 15.5. The number of halogens is 2. The molecule has 1 aliphatic heterocycles. The molecule has 0 unspecified atom stereocenters. The lowest BCUT2D eigenvalue weighted by molar-refractivity contribution is -0.126. The van der Waals surface area contributed by atoms with Crippen LogP contribution in [0.1, 0.15) is 24.0 Å². The molecule has 3 aromatic carbocycles. The number of hydrogen-bond donors (Lipinski definition) is 1. The zero-order valence-corrected chi connectivity index (χ0v) is 17.0. The molecule has 1 N–H and O–H groups in total. The fraction of sp³-hybridized carbons (Fsp3) is 0.292. The predicted molar refractivity (Wildman–Crippen MR) is 115 cm³/mol. The molecule has 0 saturated carbocycles. The molecule has 29 heavy (non-hydrogen) atoms. The van der Waals surface area contributed by atoms with Crippen LogP contribution in [0.2, 0.25) is 5.02 Å². The van der Waals surface area contributed by atoms with Crippen molar-refractivity contribution in [2.75, 3.05) is 13.1 Å². The zero-order chi connectivity index (χ0) is 20.2. The second-order valence-electron chi connectivity index (χ2n) is 7.65. The lowest BCUT2D eigenvalue weighted by Gasteiger charge is -2.31. The van der Waals surface area contributed by atoms with Gasteiger partial charge in [-0.2, -0.15) is 0 Å². The van der Waals surface area contributed by atoms with Crippen molar-refractivity contribution in [3.8, 4) is 0 Å². The molecule has 150 valence electrons. The summed E-state index contributed by atoms with van der Waals surface area (Å²) in [5, 5.41) is 5.92. The number of hydrogen-bond acceptors (Lipinski definition) is 2. The van der Waals surface area contributed by atoms with Crippen LogP contribution in [0.25, 0.3) is 10.8 Å². The first-order chi connectivity index (χ1) is 14.1. The first-order valence-corrected chi connectivity index (χ1v) is 10.4. The van der Waals surface area contributed by atoms with Gasteiger partial charge >= 0.3 is 0 Å². The maximum atomic E-state index is 14.0. The Morgan fingerprint density at radius 2 is 1.79 bits per heavy atom. The summed E-state index contributed by atoms with van der Waals surface area (Å²) in [6.07, 6.45) is 1.55. The Balaban J connectivity index is 1.28. The molecule has 1 saturated heterocycles. The highest BCUT2D eigenvalue weighted by Crippen LogP contribution is 2.24. The van der Waals surface area contributed by atoms with Gasteiger partial charge in [0.25, 0.3) is 0 Å². The Bertz CT molecular complexity index is 994. The Hall–Kier alpha value is -2.43. The molecule has 0 bridgehead atoms. The molecule has 0 aliphatic carbocycles. The van der Waals surface area contributed by atoms with Crippen molar-refractivity contribution >= 4 is 28.3 Å². The summed E-state index contributed by atoms with van der Waals surface area (Å²) in [5.74, 6) is -0.169. The van der Waals surface area contributed by atoms with Crippen LogP contribution >= 0.6 is 11.6 Å². The van der Waals surface area contributed by atoms with Crippen LogP contribution in [0, 0.1) is 11.7 Å². The third-order valence-electron chi connectivity index (χ3n) is 5.68. The molecule has 0 radical (unpaired) electrons. The average Bonchev–Trinajstić information content (AvgIpc) is 2.75. The second kappa shape index (κ2) is 8.93. The Kier molecular flexibility index (Phi) is 6.12. The maximum absolute atomic E-state index is 14.0. The molecular weight excluding hydrogens is 387 g/mol. The van der Waals surface area contributed by atoms with Gasteiger partial charge < -0.3 is 5.32 Å². The summed E-state index contributed by atoms with van der Waals surface area (Å²) in [5.41, 5.74) is 1.64. The molecule has 4 rings (SSSR count). The quantitative estimate of drug-likeness (QED) is 0.630. The Morgan fingerprint density at radius 3 is 2.55 bits per heavy atom. The van der Waals surface area contributed by atoms with Crippen molar-refractivity contribution in [3.63, 3.8) is 0 Å². The molecule has 1 aliphatic rings. The number of carbonyl (C=O) groups excluding carboxylic acids is 1. The minimum absolute atomic E-state index is 0.00259. The lowest BCUT2D eigenvalue weighted by atomic mass is 9.95. The number of carbonyl (C=O) groups is 1. The van der Waals surface area contributed by atoms with Crippen LogP contribution in [0.3, 0.4) is 0 Å². The van der Waals surface area contributed by atoms with E-state index in [1.165, 1.54) is 16.8 Å². The third-order valence-corrected chi connectivity index (χ3v) is 6.04. The van der Waals surface area contributed by atoms with Gasteiger partial charge in [-0.15, -0.1) is 0 Å². The Morgan fingerprint density at radius 1 is 1.03 bits per heavy atom. The summed E-state index contributed by atoms with van der Waals surface area (Å²) in [7, 11) is 0. The van der Waals surface area contributed by atoms with Crippen LogP contribution < -0.4 is 5.32 Å². The molecule has 3 aromatic rings. The van der Waals surface area contributed by atoms with Crippen LogP contribution in [0.15, 0.2) is 60.7 Å². The number of nitrogens with one attached hydrogen (secondary N) is 1. The van der Waals surface area contributed by atoms with Gasteiger partial charge in [-0.25, -0.2) is 4.39 Å². The van der Waals surface area contributed by atoms with Crippen molar-refractivity contribution in [1.29, 1.82) is 0 Å². The van der Waals surface area contributed by atoms with Gasteiger partial charge in [0.2, 0.25) is 5.91 Å². The highest BCUT2D eigenvalue weighted by atomic mass is 35.5. The minimum Gasteiger partial charge on any atom is -0.352 e. The van der Waals surface area contributed by atoms with Crippen molar-refractivity contribution in [1.82, 2.24) is 10.2 Å². The summed E-state index contributed by atoms with van der Waals surface area (Å²) in [6.45, 7) is 2.54. The monoisotopic (exact) mass is 410 g/mol. The number of fused-ring (bicyclic) bond motifs is 1. The van der Waals surface area contributed by atoms with Gasteiger partial charge in [-0.3, -0.25) is 9.69 Å². The highest BCUT2D eigenvalue weighted by molar-refractivity contribution is 6.31. The standard InChI is InChI=1S/C24H24ClFN2O/c25-22-6-3-7-23(26)21(22)16-28-12-10-19(11-13-28)24(29)27-15-17-8-9-18-4-1-2-5-20(18)14-17/h1-9,14,19H,10-13,15-16H2,(H,27,29). The minimum atomic E-state index is -0.271. The molecule has 3 nitrogen and oxygen atoms in total. The summed E-state index contributed by atoms with van der Waals surface area (Å²) >= 11 is 6.13. The number of amides is 1. The zero-order valence-electron chi connectivity index (χ0n) is 16.2. The number of nitrogens with zero attached hydrogens (tertiary/aromatic N) is 1. The second-order valence-corrected chi connectivity index (χ2v) is 8.06. The number of rotatable bonds is 5. The smallest absolute Gasteiger partial charge is 0.223 e. The Labute approximate surface area is 175 Å². The highest BCUT2D eigenvalue weighted by Gasteiger charge is 2.25. The average molecular weight is 411 g/mol. The summed E-state index contributed by atoms with van der Waals surface area (Å²) in [4.78, 5) is 14.8. The van der Waals surface area contributed by atoms with E-state index in [1.54, 1.807) is 12.1 Å². The molecular formula is C24H24ClFN2O. The largest absolute Gasteiger partial charge is 0.352 e. The SMILES string of the molecule is O=C(NCc1ccc2ccccc2c1)C1CCN(Cc2c(F)cccc2Cl)CC1. The molecule has 1 heterocycles. The van der Waals surface area contributed by atoms with E-state index in [2.05, 4.69) is 40.5 Å². The summed E-state index contributed by atoms with van der Waals surface area (Å²) in [6, 6.07) is 19.2. The molecule has 0 atom stereocenters. The van der Waals surface area contributed by atoms with Gasteiger partial charge in [0.1, 0.15) is 5.82 Å². The van der Waals surface area contributed by atoms with Crippen LogP contribution in [0.5, 0.6) is 0 Å². The van der Waals surface area contributed by atoms with Crippen molar-refractivity contribution in [2.45, 2.75) is 25.9 Å². The first-order valence-electron chi connectivity index (χ1n) is 10.0. The van der Waals surface area contributed by atoms with Crippen LogP contribution in [0.4, 0.5) is 4.39 Å². The number of likely N-dealkylation sites (tertiary alicyclic amines) is 1. The first kappa shape index (κ1) is 19.9. The third kappa shape index (κ3) is 4.77. The predicted octanol–water partition coefficient (Wildman–Crippen LogP) is 5.16. The van der Waals surface area contributed by atoms with Gasteiger partial charge in [-0.1, -0.05) is 54.1 Å². The van der Waals surface area contributed by atoms with E-state index in [1.807, 2.05) is 12.1 Å². The van der Waals surface area contributed by atoms with Gasteiger partial charge in [-0.05, 0) is 60.5 Å². The van der Waals surface area contributed by atoms with Gasteiger partial charge in [0.15, 0.2) is 0 Å². The van der Waals surface area contributed by atoms with Gasteiger partial charge in [0, 0.05) is 29.6 Å². The molecule has 0 spiro atoms. The van der Waals surface area contributed by atoms with E-state index < -0.39 is 0 Å². The van der Waals surface area contributed by atoms with E-state index in [-0.39, 0.29) is 17.6 Å². The fourth-order valence-corrected chi connectivity index (χ4v) is 4.17. The van der Waals surface area contributed by atoms with Crippen molar-refractivity contribution in [3.05, 3.63) is 82.6 Å². The van der Waals surface area contributed by atoms with E-state index in [4.69, 9.17) is 11.6 Å². The molecule has 5 heteroatoms. The molecule has 1 amide bonds. The topological polar surface area (TPSA) is 32.3 Å². The number of benzene rings is 3. The lowest BCUT2D eigenvalue weighted by Crippen LogP contribution is -2.40. The molecule has 1 fully saturated rings. The van der Waals surface area contributed by atoms with E-state index in [9.17, 15) is 9.18 Å². The number of piperidine rings is 1. The van der Waals surface area contributed by atoms with Crippen LogP contribution in [-0.4, -0.2) is 23.9 Å². The van der Waals surface area contributed by atoms with Crippen LogP contribution in [-0.2, 0) is 17.9 Å². The fourth-order valence-electron chi connectivity index (χ4n) is 3.94. The maximum Gasteiger partial charge on any atom is 0.223 e. The van der Waals surface area contributed by atoms with E-state index in [0.29, 0.717) is 23.7 Å². The summed E-state index contributed by atoms with van der Waals surface area (Å²) < 4.78 is 14.0. The van der Waals surface area contributed by atoms with Crippen molar-refractivity contribution in [2.24, 2.45) is 5.92 Å². The van der Waals surface area contributed by atoms with Gasteiger partial charge in [0.05, 0.1) is 0 Å².